The molecule has 0 heterocycles. The summed E-state index contributed by atoms with van der Waals surface area (Å²) in [4.78, 5) is 0. The van der Waals surface area contributed by atoms with E-state index < -0.39 is 0 Å². The van der Waals surface area contributed by atoms with Crippen molar-refractivity contribution >= 4 is 0 Å². The zero-order chi connectivity index (χ0) is 4.00. The Morgan fingerprint density at radius 1 is 0.800 bits per heavy atom. The van der Waals surface area contributed by atoms with Crippen LogP contribution in [0.3, 0.4) is 0 Å². The molecule has 5 heavy (non-hydrogen) atoms. The summed E-state index contributed by atoms with van der Waals surface area (Å²) in [7, 11) is 5.50. The molecule has 4 N–H and O–H groups in total. The summed E-state index contributed by atoms with van der Waals surface area (Å²) < 4.78 is 0. The van der Waals surface area contributed by atoms with Crippen LogP contribution in [0.15, 0.2) is 0 Å². The monoisotopic (exact) mass is 149 g/mol. The molecule has 0 bridgehead atoms. The summed E-state index contributed by atoms with van der Waals surface area (Å²) in [6, 6.07) is 0. The van der Waals surface area contributed by atoms with Gasteiger partial charge in [0.1, 0.15) is 0 Å². The molecule has 0 unspecified atom stereocenters. The van der Waals surface area contributed by atoms with Gasteiger partial charge in [-0.15, -0.1) is 0 Å². The standard InChI is InChI=1S/2CH4N.Y/c2*1-2;/h2*1-2H2;/q2*-1;. The second-order valence-corrected chi connectivity index (χ2v) is 0. The Kier molecular flexibility index (Phi) is 258. The van der Waals surface area contributed by atoms with Gasteiger partial charge in [0.05, 0.1) is 0 Å². The third-order valence-electron chi connectivity index (χ3n) is 0. The van der Waals surface area contributed by atoms with Crippen LogP contribution in [0, 0.1) is 14.1 Å². The van der Waals surface area contributed by atoms with Crippen molar-refractivity contribution in [3.63, 3.8) is 0 Å². The molecule has 0 atom stereocenters. The molecule has 0 aliphatic rings. The van der Waals surface area contributed by atoms with Gasteiger partial charge in [0.2, 0.25) is 0 Å². The second kappa shape index (κ2) is 77.6. The van der Waals surface area contributed by atoms with E-state index >= 15 is 0 Å². The number of rotatable bonds is 0. The summed E-state index contributed by atoms with van der Waals surface area (Å²) in [5.41, 5.74) is 8.50. The Labute approximate surface area is 58.2 Å². The van der Waals surface area contributed by atoms with Crippen LogP contribution in [-0.4, -0.2) is 0 Å². The van der Waals surface area contributed by atoms with Gasteiger partial charge in [-0.25, -0.2) is 0 Å². The third-order valence-corrected chi connectivity index (χ3v) is 0. The SMILES string of the molecule is [CH2-]N.[CH2-]N.[Y]. The van der Waals surface area contributed by atoms with Crippen molar-refractivity contribution in [2.24, 2.45) is 11.5 Å². The van der Waals surface area contributed by atoms with Gasteiger partial charge in [0, 0.05) is 32.7 Å². The van der Waals surface area contributed by atoms with Crippen molar-refractivity contribution in [2.45, 2.75) is 0 Å². The molecule has 1 radical (unpaired) electrons. The molecular formula is C2H8N2Y-2. The van der Waals surface area contributed by atoms with E-state index in [1.807, 2.05) is 0 Å². The van der Waals surface area contributed by atoms with Crippen LogP contribution in [0.5, 0.6) is 0 Å². The van der Waals surface area contributed by atoms with E-state index in [1.54, 1.807) is 0 Å². The fraction of sp³-hybridized carbons (Fsp3) is 0. The first-order chi connectivity index (χ1) is 2.00. The molecule has 0 aromatic rings. The number of hydrogen-bond acceptors (Lipinski definition) is 2. The van der Waals surface area contributed by atoms with Crippen molar-refractivity contribution in [1.29, 1.82) is 0 Å². The van der Waals surface area contributed by atoms with E-state index in [9.17, 15) is 0 Å². The molecule has 2 nitrogen and oxygen atoms in total. The maximum Gasteiger partial charge on any atom is 0 e. The molecular weight excluding hydrogens is 141 g/mol. The van der Waals surface area contributed by atoms with E-state index in [2.05, 4.69) is 25.6 Å². The van der Waals surface area contributed by atoms with Crippen molar-refractivity contribution < 1.29 is 32.7 Å². The minimum Gasteiger partial charge on any atom is -0.486 e. The summed E-state index contributed by atoms with van der Waals surface area (Å²) in [5, 5.41) is 0. The van der Waals surface area contributed by atoms with Crippen molar-refractivity contribution in [3.8, 4) is 0 Å². The van der Waals surface area contributed by atoms with E-state index in [4.69, 9.17) is 0 Å². The van der Waals surface area contributed by atoms with Gasteiger partial charge in [0.25, 0.3) is 0 Å². The molecule has 0 aliphatic carbocycles. The minimum atomic E-state index is 0. The fourth-order valence-electron chi connectivity index (χ4n) is 0. The average Bonchev–Trinajstić information content (AvgIpc) is 1.50. The first-order valence-corrected chi connectivity index (χ1v) is 0.816. The molecule has 0 aliphatic heterocycles. The summed E-state index contributed by atoms with van der Waals surface area (Å²) >= 11 is 0. The van der Waals surface area contributed by atoms with Gasteiger partial charge in [-0.3, -0.25) is 14.1 Å². The van der Waals surface area contributed by atoms with Crippen molar-refractivity contribution in [3.05, 3.63) is 14.1 Å². The third kappa shape index (κ3) is 43.8. The van der Waals surface area contributed by atoms with Crippen molar-refractivity contribution in [2.75, 3.05) is 0 Å². The Morgan fingerprint density at radius 3 is 0.800 bits per heavy atom. The van der Waals surface area contributed by atoms with Crippen molar-refractivity contribution in [1.82, 2.24) is 0 Å². The summed E-state index contributed by atoms with van der Waals surface area (Å²) in [6.45, 7) is 0. The number of hydrogen-bond donors (Lipinski definition) is 2. The summed E-state index contributed by atoms with van der Waals surface area (Å²) in [5.74, 6) is 0. The average molecular weight is 149 g/mol. The van der Waals surface area contributed by atoms with Crippen LogP contribution in [0.1, 0.15) is 0 Å². The molecule has 0 aromatic heterocycles. The number of nitrogens with two attached hydrogens (primary N) is 2. The molecule has 0 saturated heterocycles. The molecule has 0 spiro atoms. The van der Waals surface area contributed by atoms with Gasteiger partial charge >= 0.3 is 0 Å². The molecule has 0 aromatic carbocycles. The molecule has 0 saturated carbocycles. The van der Waals surface area contributed by atoms with Crippen LogP contribution in [0.2, 0.25) is 0 Å². The zero-order valence-corrected chi connectivity index (χ0v) is 5.98. The van der Waals surface area contributed by atoms with E-state index in [1.165, 1.54) is 0 Å². The van der Waals surface area contributed by atoms with Crippen LogP contribution in [0.4, 0.5) is 0 Å². The van der Waals surface area contributed by atoms with E-state index in [0.29, 0.717) is 0 Å². The van der Waals surface area contributed by atoms with Gasteiger partial charge < -0.3 is 11.5 Å². The zero-order valence-electron chi connectivity index (χ0n) is 3.15. The fourth-order valence-corrected chi connectivity index (χ4v) is 0. The first-order valence-electron chi connectivity index (χ1n) is 0.816. The molecule has 0 amide bonds. The Bertz CT molecular complexity index is 7.61. The topological polar surface area (TPSA) is 52.0 Å². The van der Waals surface area contributed by atoms with Gasteiger partial charge in [-0.1, -0.05) is 0 Å². The smallest absolute Gasteiger partial charge is 0 e. The van der Waals surface area contributed by atoms with Gasteiger partial charge in [0.15, 0.2) is 0 Å². The molecule has 31 valence electrons. The minimum absolute atomic E-state index is 0. The Morgan fingerprint density at radius 2 is 0.800 bits per heavy atom. The predicted molar refractivity (Wildman–Crippen MR) is 19.1 cm³/mol. The van der Waals surface area contributed by atoms with E-state index in [0.717, 1.165) is 0 Å². The Balaban J connectivity index is -0.0000000133. The quantitative estimate of drug-likeness (QED) is 0.455. The first kappa shape index (κ1) is 16.6. The maximum atomic E-state index is 4.25. The molecule has 3 heteroatoms. The maximum absolute atomic E-state index is 4.25. The van der Waals surface area contributed by atoms with Gasteiger partial charge in [-0.2, -0.15) is 0 Å². The predicted octanol–water partition coefficient (Wildman–Crippen LogP) is -0.529. The van der Waals surface area contributed by atoms with E-state index in [-0.39, 0.29) is 32.7 Å². The van der Waals surface area contributed by atoms with Gasteiger partial charge in [-0.05, 0) is 0 Å². The molecule has 0 fully saturated rings. The van der Waals surface area contributed by atoms with Crippen LogP contribution in [0.25, 0.3) is 0 Å². The normalized spacial score (nSPS) is 2.40. The van der Waals surface area contributed by atoms with Crippen LogP contribution in [-0.2, 0) is 32.7 Å². The second-order valence-electron chi connectivity index (χ2n) is 0. The Hall–Kier alpha value is 1.02. The van der Waals surface area contributed by atoms with Crippen LogP contribution >= 0.6 is 0 Å². The van der Waals surface area contributed by atoms with Crippen LogP contribution < -0.4 is 11.5 Å². The summed E-state index contributed by atoms with van der Waals surface area (Å²) in [6.07, 6.45) is 0. The largest absolute Gasteiger partial charge is 0.486 e. The molecule has 0 rings (SSSR count).